The van der Waals surface area contributed by atoms with Crippen LogP contribution >= 0.6 is 0 Å². The summed E-state index contributed by atoms with van der Waals surface area (Å²) in [5.41, 5.74) is 3.18. The first-order chi connectivity index (χ1) is 14.5. The van der Waals surface area contributed by atoms with Crippen molar-refractivity contribution in [1.29, 1.82) is 0 Å². The second-order valence-electron chi connectivity index (χ2n) is 7.65. The number of nitrogens with zero attached hydrogens (tertiary/aromatic N) is 3. The van der Waals surface area contributed by atoms with Gasteiger partial charge >= 0.3 is 0 Å². The van der Waals surface area contributed by atoms with Crippen LogP contribution in [0.4, 0.5) is 5.69 Å². The largest absolute Gasteiger partial charge is 0.290 e. The Hall–Kier alpha value is -3.48. The molecule has 0 amide bonds. The van der Waals surface area contributed by atoms with Gasteiger partial charge in [0, 0.05) is 23.4 Å². The predicted octanol–water partition coefficient (Wildman–Crippen LogP) is 4.88. The molecule has 0 radical (unpaired) electrons. The first-order valence-electron chi connectivity index (χ1n) is 10.2. The summed E-state index contributed by atoms with van der Waals surface area (Å²) in [5.74, 6) is 0. The van der Waals surface area contributed by atoms with Gasteiger partial charge in [0.2, 0.25) is 0 Å². The van der Waals surface area contributed by atoms with Gasteiger partial charge in [-0.2, -0.15) is 0 Å². The van der Waals surface area contributed by atoms with Crippen LogP contribution in [0.1, 0.15) is 44.6 Å². The summed E-state index contributed by atoms with van der Waals surface area (Å²) in [6, 6.07) is 15.9. The Kier molecular flexibility index (Phi) is 5.61. The Morgan fingerprint density at radius 1 is 1.07 bits per heavy atom. The summed E-state index contributed by atoms with van der Waals surface area (Å²) in [5, 5.41) is 14.2. The van der Waals surface area contributed by atoms with Crippen LogP contribution in [0.3, 0.4) is 0 Å². The molecule has 1 aliphatic carbocycles. The zero-order valence-corrected chi connectivity index (χ0v) is 16.9. The number of nitrogens with one attached hydrogen (secondary N) is 1. The maximum absolute atomic E-state index is 13.4. The molecule has 154 valence electrons. The maximum atomic E-state index is 13.4. The van der Waals surface area contributed by atoms with Gasteiger partial charge in [0.25, 0.3) is 11.2 Å². The van der Waals surface area contributed by atoms with Crippen molar-refractivity contribution in [2.75, 3.05) is 0 Å². The van der Waals surface area contributed by atoms with E-state index in [1.54, 1.807) is 12.1 Å². The number of aliphatic imine (C=N–C) groups is 1. The summed E-state index contributed by atoms with van der Waals surface area (Å²) in [6.45, 7) is 1.89. The third kappa shape index (κ3) is 3.96. The number of H-pyrrole nitrogens is 1. The molecule has 1 N–H and O–H groups in total. The average Bonchev–Trinajstić information content (AvgIpc) is 3.12. The van der Waals surface area contributed by atoms with Crippen LogP contribution < -0.4 is 5.56 Å². The molecule has 7 nitrogen and oxygen atoms in total. The first kappa shape index (κ1) is 19.8. The van der Waals surface area contributed by atoms with E-state index in [4.69, 9.17) is 4.99 Å². The van der Waals surface area contributed by atoms with Gasteiger partial charge in [-0.15, -0.1) is 0 Å². The SMILES string of the molecule is CC(=NC1CCCCC1)c1c(-c2ccccc2)[nH]n(-c2ccc([N+](=O)[O-])cc2)c1=O. The molecule has 0 aliphatic heterocycles. The zero-order chi connectivity index (χ0) is 21.1. The normalized spacial score (nSPS) is 15.3. The number of non-ortho nitro benzene ring substituents is 1. The van der Waals surface area contributed by atoms with Gasteiger partial charge in [0.05, 0.1) is 27.9 Å². The van der Waals surface area contributed by atoms with Crippen molar-refractivity contribution in [3.63, 3.8) is 0 Å². The van der Waals surface area contributed by atoms with Crippen molar-refractivity contribution < 1.29 is 4.92 Å². The predicted molar refractivity (Wildman–Crippen MR) is 118 cm³/mol. The Morgan fingerprint density at radius 3 is 2.37 bits per heavy atom. The molecule has 4 rings (SSSR count). The second kappa shape index (κ2) is 8.49. The fourth-order valence-corrected chi connectivity index (χ4v) is 4.04. The number of aromatic nitrogens is 2. The maximum Gasteiger partial charge on any atom is 0.280 e. The number of rotatable bonds is 5. The van der Waals surface area contributed by atoms with E-state index in [0.717, 1.165) is 24.1 Å². The molecule has 0 bridgehead atoms. The molecule has 1 heterocycles. The standard InChI is InChI=1S/C23H24N4O3/c1-16(24-18-10-6-3-7-11-18)21-22(17-8-4-2-5-9-17)25-26(23(21)28)19-12-14-20(15-13-19)27(29)30/h2,4-5,8-9,12-15,18,25H,3,6-7,10-11H2,1H3. The Bertz CT molecular complexity index is 1120. The van der Waals surface area contributed by atoms with Crippen molar-refractivity contribution in [3.8, 4) is 16.9 Å². The van der Waals surface area contributed by atoms with E-state index in [1.807, 2.05) is 37.3 Å². The molecule has 1 fully saturated rings. The molecule has 0 spiro atoms. The number of aromatic amines is 1. The number of benzene rings is 2. The smallest absolute Gasteiger partial charge is 0.280 e. The monoisotopic (exact) mass is 404 g/mol. The van der Waals surface area contributed by atoms with Gasteiger partial charge < -0.3 is 0 Å². The number of nitro groups is 1. The van der Waals surface area contributed by atoms with Crippen LogP contribution in [0.2, 0.25) is 0 Å². The summed E-state index contributed by atoms with van der Waals surface area (Å²) in [6.07, 6.45) is 5.70. The highest BCUT2D eigenvalue weighted by Crippen LogP contribution is 2.25. The van der Waals surface area contributed by atoms with Gasteiger partial charge in [-0.05, 0) is 31.9 Å². The summed E-state index contributed by atoms with van der Waals surface area (Å²) in [7, 11) is 0. The minimum atomic E-state index is -0.455. The van der Waals surface area contributed by atoms with Crippen LogP contribution in [-0.2, 0) is 0 Å². The van der Waals surface area contributed by atoms with E-state index in [-0.39, 0.29) is 17.3 Å². The van der Waals surface area contributed by atoms with Gasteiger partial charge in [0.15, 0.2) is 0 Å². The Balaban J connectivity index is 1.82. The molecular formula is C23H24N4O3. The molecule has 0 atom stereocenters. The molecule has 1 saturated carbocycles. The Labute approximate surface area is 174 Å². The lowest BCUT2D eigenvalue weighted by Gasteiger charge is -2.18. The fraction of sp³-hybridized carbons (Fsp3) is 0.304. The van der Waals surface area contributed by atoms with Gasteiger partial charge in [-0.3, -0.25) is 25.0 Å². The highest BCUT2D eigenvalue weighted by atomic mass is 16.6. The average molecular weight is 404 g/mol. The first-order valence-corrected chi connectivity index (χ1v) is 10.2. The van der Waals surface area contributed by atoms with Gasteiger partial charge in [-0.1, -0.05) is 49.6 Å². The summed E-state index contributed by atoms with van der Waals surface area (Å²) >= 11 is 0. The van der Waals surface area contributed by atoms with E-state index >= 15 is 0 Å². The van der Waals surface area contributed by atoms with Crippen LogP contribution in [0, 0.1) is 10.1 Å². The topological polar surface area (TPSA) is 93.3 Å². The van der Waals surface area contributed by atoms with Crippen molar-refractivity contribution in [2.24, 2.45) is 4.99 Å². The van der Waals surface area contributed by atoms with Gasteiger partial charge in [-0.25, -0.2) is 4.68 Å². The zero-order valence-electron chi connectivity index (χ0n) is 16.9. The second-order valence-corrected chi connectivity index (χ2v) is 7.65. The number of hydrogen-bond acceptors (Lipinski definition) is 4. The molecule has 3 aromatic rings. The fourth-order valence-electron chi connectivity index (χ4n) is 4.04. The third-order valence-electron chi connectivity index (χ3n) is 5.58. The highest BCUT2D eigenvalue weighted by molar-refractivity contribution is 6.03. The summed E-state index contributed by atoms with van der Waals surface area (Å²) < 4.78 is 1.43. The lowest BCUT2D eigenvalue weighted by molar-refractivity contribution is -0.384. The lowest BCUT2D eigenvalue weighted by Crippen LogP contribution is -2.21. The molecule has 1 aliphatic rings. The number of hydrogen-bond donors (Lipinski definition) is 1. The molecule has 0 unspecified atom stereocenters. The van der Waals surface area contributed by atoms with Crippen molar-refractivity contribution >= 4 is 11.4 Å². The van der Waals surface area contributed by atoms with E-state index < -0.39 is 4.92 Å². The van der Waals surface area contributed by atoms with Crippen molar-refractivity contribution in [1.82, 2.24) is 9.78 Å². The van der Waals surface area contributed by atoms with Crippen LogP contribution in [-0.4, -0.2) is 26.5 Å². The molecule has 30 heavy (non-hydrogen) atoms. The molecule has 1 aromatic heterocycles. The minimum absolute atomic E-state index is 0.0168. The molecule has 2 aromatic carbocycles. The van der Waals surface area contributed by atoms with E-state index in [1.165, 1.54) is 36.1 Å². The molecule has 7 heteroatoms. The van der Waals surface area contributed by atoms with E-state index in [0.29, 0.717) is 16.9 Å². The van der Waals surface area contributed by atoms with Crippen LogP contribution in [0.15, 0.2) is 64.4 Å². The Morgan fingerprint density at radius 2 is 1.73 bits per heavy atom. The van der Waals surface area contributed by atoms with Gasteiger partial charge in [0.1, 0.15) is 0 Å². The molecular weight excluding hydrogens is 380 g/mol. The van der Waals surface area contributed by atoms with Crippen LogP contribution in [0.5, 0.6) is 0 Å². The minimum Gasteiger partial charge on any atom is -0.290 e. The van der Waals surface area contributed by atoms with Crippen LogP contribution in [0.25, 0.3) is 16.9 Å². The van der Waals surface area contributed by atoms with E-state index in [9.17, 15) is 14.9 Å². The summed E-state index contributed by atoms with van der Waals surface area (Å²) in [4.78, 5) is 28.8. The van der Waals surface area contributed by atoms with Crippen molar-refractivity contribution in [2.45, 2.75) is 45.1 Å². The number of nitro benzene ring substituents is 1. The highest BCUT2D eigenvalue weighted by Gasteiger charge is 2.21. The van der Waals surface area contributed by atoms with E-state index in [2.05, 4.69) is 5.10 Å². The third-order valence-corrected chi connectivity index (χ3v) is 5.58. The van der Waals surface area contributed by atoms with Crippen molar-refractivity contribution in [3.05, 3.63) is 80.6 Å². The lowest BCUT2D eigenvalue weighted by atomic mass is 9.95. The molecule has 0 saturated heterocycles. The quantitative estimate of drug-likeness (QED) is 0.373.